The van der Waals surface area contributed by atoms with Crippen LogP contribution >= 0.6 is 11.8 Å². The van der Waals surface area contributed by atoms with Crippen LogP contribution in [0.5, 0.6) is 0 Å². The minimum absolute atomic E-state index is 0.114. The number of para-hydroxylation sites is 2. The first kappa shape index (κ1) is 17.5. The molecular weight excluding hydrogens is 330 g/mol. The van der Waals surface area contributed by atoms with E-state index in [1.807, 2.05) is 62.5 Å². The molecule has 25 heavy (non-hydrogen) atoms. The largest absolute Gasteiger partial charge is 0.337 e. The molecule has 4 nitrogen and oxygen atoms in total. The quantitative estimate of drug-likeness (QED) is 0.624. The third-order valence-corrected chi connectivity index (χ3v) is 5.31. The number of aromatic nitrogens is 2. The Hall–Kier alpha value is -2.27. The summed E-state index contributed by atoms with van der Waals surface area (Å²) < 4.78 is 2.17. The van der Waals surface area contributed by atoms with Gasteiger partial charge in [-0.3, -0.25) is 4.79 Å². The number of carbonyl (C=O) groups excluding carboxylic acids is 1. The Kier molecular flexibility index (Phi) is 5.43. The molecule has 130 valence electrons. The average molecular weight is 353 g/mol. The highest BCUT2D eigenvalue weighted by atomic mass is 32.2. The minimum atomic E-state index is -0.133. The number of fused-ring (bicyclic) bond motifs is 1. The second kappa shape index (κ2) is 7.74. The van der Waals surface area contributed by atoms with Crippen LogP contribution in [0.1, 0.15) is 19.7 Å². The lowest BCUT2D eigenvalue weighted by molar-refractivity contribution is -0.129. The van der Waals surface area contributed by atoms with Crippen molar-refractivity contribution >= 4 is 28.7 Å². The fourth-order valence-electron chi connectivity index (χ4n) is 2.95. The molecule has 1 unspecified atom stereocenters. The molecule has 0 aliphatic heterocycles. The monoisotopic (exact) mass is 353 g/mol. The molecule has 3 rings (SSSR count). The molecule has 0 saturated carbocycles. The predicted molar refractivity (Wildman–Crippen MR) is 104 cm³/mol. The van der Waals surface area contributed by atoms with E-state index in [1.165, 1.54) is 0 Å². The third kappa shape index (κ3) is 3.87. The summed E-state index contributed by atoms with van der Waals surface area (Å²) in [6, 6.07) is 18.1. The molecule has 1 heterocycles. The number of carbonyl (C=O) groups is 1. The number of amides is 1. The summed E-state index contributed by atoms with van der Waals surface area (Å²) in [7, 11) is 1.85. The standard InChI is InChI=1S/C20H23N3OS/c1-4-23-18-13-9-8-12-17(18)21-19(23)14-22(3)20(24)15(2)25-16-10-6-5-7-11-16/h5-13,15H,4,14H2,1-3H3. The summed E-state index contributed by atoms with van der Waals surface area (Å²) in [6.07, 6.45) is 0. The summed E-state index contributed by atoms with van der Waals surface area (Å²) >= 11 is 1.59. The van der Waals surface area contributed by atoms with E-state index < -0.39 is 0 Å². The van der Waals surface area contributed by atoms with Crippen LogP contribution in [0.15, 0.2) is 59.5 Å². The number of thioether (sulfide) groups is 1. The van der Waals surface area contributed by atoms with Gasteiger partial charge in [-0.1, -0.05) is 30.3 Å². The number of nitrogens with zero attached hydrogens (tertiary/aromatic N) is 3. The van der Waals surface area contributed by atoms with Crippen LogP contribution in [0.2, 0.25) is 0 Å². The van der Waals surface area contributed by atoms with E-state index in [4.69, 9.17) is 4.98 Å². The molecule has 0 N–H and O–H groups in total. The van der Waals surface area contributed by atoms with Gasteiger partial charge in [0.25, 0.3) is 0 Å². The summed E-state index contributed by atoms with van der Waals surface area (Å²) in [4.78, 5) is 20.3. The lowest BCUT2D eigenvalue weighted by Gasteiger charge is -2.21. The number of rotatable bonds is 6. The Balaban J connectivity index is 1.73. The van der Waals surface area contributed by atoms with Crippen LogP contribution in [-0.2, 0) is 17.9 Å². The van der Waals surface area contributed by atoms with Crippen LogP contribution < -0.4 is 0 Å². The Morgan fingerprint density at radius 3 is 2.56 bits per heavy atom. The van der Waals surface area contributed by atoms with Crippen molar-refractivity contribution in [3.63, 3.8) is 0 Å². The molecule has 1 amide bonds. The van der Waals surface area contributed by atoms with E-state index in [0.717, 1.165) is 28.3 Å². The van der Waals surface area contributed by atoms with E-state index in [1.54, 1.807) is 16.7 Å². The highest BCUT2D eigenvalue weighted by Crippen LogP contribution is 2.24. The summed E-state index contributed by atoms with van der Waals surface area (Å²) in [5.74, 6) is 1.04. The number of aryl methyl sites for hydroxylation is 1. The summed E-state index contributed by atoms with van der Waals surface area (Å²) in [6.45, 7) is 5.42. The van der Waals surface area contributed by atoms with Gasteiger partial charge in [-0.05, 0) is 38.1 Å². The maximum Gasteiger partial charge on any atom is 0.235 e. The molecule has 3 aromatic rings. The van der Waals surface area contributed by atoms with Crippen LogP contribution in [0.3, 0.4) is 0 Å². The van der Waals surface area contributed by atoms with Gasteiger partial charge in [0.1, 0.15) is 5.82 Å². The molecule has 1 aromatic heterocycles. The molecule has 0 bridgehead atoms. The predicted octanol–water partition coefficient (Wildman–Crippen LogP) is 4.20. The molecule has 5 heteroatoms. The van der Waals surface area contributed by atoms with E-state index in [9.17, 15) is 4.79 Å². The van der Waals surface area contributed by atoms with Crippen LogP contribution in [-0.4, -0.2) is 32.7 Å². The van der Waals surface area contributed by atoms with Gasteiger partial charge in [0, 0.05) is 18.5 Å². The van der Waals surface area contributed by atoms with Gasteiger partial charge in [-0.25, -0.2) is 4.98 Å². The first-order chi connectivity index (χ1) is 12.1. The Morgan fingerprint density at radius 1 is 1.16 bits per heavy atom. The molecule has 0 saturated heterocycles. The molecule has 0 radical (unpaired) electrons. The number of hydrogen-bond acceptors (Lipinski definition) is 3. The zero-order chi connectivity index (χ0) is 17.8. The molecule has 0 fully saturated rings. The van der Waals surface area contributed by atoms with Gasteiger partial charge < -0.3 is 9.47 Å². The Morgan fingerprint density at radius 2 is 1.84 bits per heavy atom. The number of benzene rings is 2. The Labute approximate surface area is 152 Å². The highest BCUT2D eigenvalue weighted by molar-refractivity contribution is 8.00. The van der Waals surface area contributed by atoms with E-state index in [-0.39, 0.29) is 11.2 Å². The van der Waals surface area contributed by atoms with Crippen molar-refractivity contribution in [2.45, 2.75) is 37.1 Å². The fraction of sp³-hybridized carbons (Fsp3) is 0.300. The molecule has 0 aliphatic rings. The number of imidazole rings is 1. The highest BCUT2D eigenvalue weighted by Gasteiger charge is 2.21. The lowest BCUT2D eigenvalue weighted by atomic mass is 10.3. The maximum atomic E-state index is 12.7. The zero-order valence-electron chi connectivity index (χ0n) is 14.8. The third-order valence-electron chi connectivity index (χ3n) is 4.21. The van der Waals surface area contributed by atoms with Crippen LogP contribution in [0.4, 0.5) is 0 Å². The average Bonchev–Trinajstić information content (AvgIpc) is 2.98. The SMILES string of the molecule is CCn1c(CN(C)C(=O)C(C)Sc2ccccc2)nc2ccccc21. The Bertz CT molecular complexity index is 860. The fourth-order valence-corrected chi connectivity index (χ4v) is 3.96. The van der Waals surface area contributed by atoms with Crippen molar-refractivity contribution in [3.8, 4) is 0 Å². The van der Waals surface area contributed by atoms with Crippen LogP contribution in [0, 0.1) is 0 Å². The topological polar surface area (TPSA) is 38.1 Å². The van der Waals surface area contributed by atoms with Gasteiger partial charge >= 0.3 is 0 Å². The van der Waals surface area contributed by atoms with Crippen molar-refractivity contribution in [1.82, 2.24) is 14.5 Å². The van der Waals surface area contributed by atoms with Crippen LogP contribution in [0.25, 0.3) is 11.0 Å². The van der Waals surface area contributed by atoms with Crippen molar-refractivity contribution in [2.75, 3.05) is 7.05 Å². The molecular formula is C20H23N3OS. The first-order valence-corrected chi connectivity index (χ1v) is 9.39. The van der Waals surface area contributed by atoms with E-state index in [0.29, 0.717) is 6.54 Å². The second-order valence-corrected chi connectivity index (χ2v) is 7.44. The van der Waals surface area contributed by atoms with E-state index in [2.05, 4.69) is 17.6 Å². The van der Waals surface area contributed by atoms with Crippen molar-refractivity contribution in [1.29, 1.82) is 0 Å². The maximum absolute atomic E-state index is 12.7. The van der Waals surface area contributed by atoms with E-state index >= 15 is 0 Å². The van der Waals surface area contributed by atoms with Gasteiger partial charge in [-0.2, -0.15) is 0 Å². The van der Waals surface area contributed by atoms with Crippen molar-refractivity contribution in [2.24, 2.45) is 0 Å². The smallest absolute Gasteiger partial charge is 0.235 e. The lowest BCUT2D eigenvalue weighted by Crippen LogP contribution is -2.33. The zero-order valence-corrected chi connectivity index (χ0v) is 15.7. The number of hydrogen-bond donors (Lipinski definition) is 0. The molecule has 0 spiro atoms. The van der Waals surface area contributed by atoms with Crippen molar-refractivity contribution in [3.05, 3.63) is 60.4 Å². The van der Waals surface area contributed by atoms with Crippen molar-refractivity contribution < 1.29 is 4.79 Å². The molecule has 1 atom stereocenters. The molecule has 2 aromatic carbocycles. The normalized spacial score (nSPS) is 12.3. The molecule has 0 aliphatic carbocycles. The van der Waals surface area contributed by atoms with Gasteiger partial charge in [0.2, 0.25) is 5.91 Å². The summed E-state index contributed by atoms with van der Waals surface area (Å²) in [5, 5.41) is -0.133. The van der Waals surface area contributed by atoms with Gasteiger partial charge in [0.15, 0.2) is 0 Å². The summed E-state index contributed by atoms with van der Waals surface area (Å²) in [5.41, 5.74) is 2.10. The first-order valence-electron chi connectivity index (χ1n) is 8.51. The van der Waals surface area contributed by atoms with Gasteiger partial charge in [-0.15, -0.1) is 11.8 Å². The second-order valence-electron chi connectivity index (χ2n) is 6.03. The minimum Gasteiger partial charge on any atom is -0.337 e. The van der Waals surface area contributed by atoms with Gasteiger partial charge in [0.05, 0.1) is 22.8 Å².